The summed E-state index contributed by atoms with van der Waals surface area (Å²) in [6.45, 7) is -0.282. The van der Waals surface area contributed by atoms with Crippen LogP contribution in [0.15, 0.2) is 18.2 Å². The molecule has 1 aromatic rings. The highest BCUT2D eigenvalue weighted by atomic mass is 16.5. The molecule has 0 atom stereocenters. The third-order valence-corrected chi connectivity index (χ3v) is 1.85. The molecule has 0 fully saturated rings. The van der Waals surface area contributed by atoms with Crippen molar-refractivity contribution >= 4 is 11.9 Å². The number of esters is 1. The highest BCUT2D eigenvalue weighted by molar-refractivity contribution is 5.98. The average molecular weight is 225 g/mol. The van der Waals surface area contributed by atoms with Gasteiger partial charge in [0.05, 0.1) is 12.7 Å². The molecular formula is C10H11NO5. The molecular weight excluding hydrogens is 214 g/mol. The van der Waals surface area contributed by atoms with E-state index in [-0.39, 0.29) is 23.6 Å². The number of rotatable bonds is 3. The number of phenols is 2. The Labute approximate surface area is 91.5 Å². The number of aromatic hydroxyl groups is 2. The van der Waals surface area contributed by atoms with Crippen LogP contribution >= 0.6 is 0 Å². The molecule has 0 aliphatic carbocycles. The first-order valence-electron chi connectivity index (χ1n) is 4.41. The standard InChI is InChI=1S/C10H11NO5/c1-16-9(14)5-11-10(15)7-3-2-6(12)4-8(7)13/h2-4,12-13H,5H2,1H3,(H,11,15). The summed E-state index contributed by atoms with van der Waals surface area (Å²) in [7, 11) is 1.20. The van der Waals surface area contributed by atoms with E-state index in [2.05, 4.69) is 10.1 Å². The second-order valence-electron chi connectivity index (χ2n) is 2.96. The minimum atomic E-state index is -0.622. The van der Waals surface area contributed by atoms with Crippen LogP contribution in [0.25, 0.3) is 0 Å². The van der Waals surface area contributed by atoms with Crippen LogP contribution in [0, 0.1) is 0 Å². The predicted octanol–water partition coefficient (Wildman–Crippen LogP) is 0.000600. The molecule has 3 N–H and O–H groups in total. The molecule has 6 nitrogen and oxygen atoms in total. The fourth-order valence-electron chi connectivity index (χ4n) is 1.03. The first kappa shape index (κ1) is 11.8. The molecule has 0 saturated carbocycles. The summed E-state index contributed by atoms with van der Waals surface area (Å²) in [6.07, 6.45) is 0. The van der Waals surface area contributed by atoms with E-state index in [9.17, 15) is 14.7 Å². The number of ether oxygens (including phenoxy) is 1. The van der Waals surface area contributed by atoms with E-state index < -0.39 is 11.9 Å². The van der Waals surface area contributed by atoms with E-state index in [1.54, 1.807) is 0 Å². The molecule has 1 rings (SSSR count). The molecule has 0 aliphatic heterocycles. The number of hydrogen-bond acceptors (Lipinski definition) is 5. The van der Waals surface area contributed by atoms with Crippen LogP contribution in [0.1, 0.15) is 10.4 Å². The second kappa shape index (κ2) is 5.01. The number of amides is 1. The number of methoxy groups -OCH3 is 1. The van der Waals surface area contributed by atoms with Gasteiger partial charge in [-0.25, -0.2) is 0 Å². The van der Waals surface area contributed by atoms with Gasteiger partial charge in [0.15, 0.2) is 0 Å². The molecule has 16 heavy (non-hydrogen) atoms. The third kappa shape index (κ3) is 2.88. The van der Waals surface area contributed by atoms with Gasteiger partial charge in [0, 0.05) is 6.07 Å². The largest absolute Gasteiger partial charge is 0.508 e. The van der Waals surface area contributed by atoms with Crippen molar-refractivity contribution in [1.29, 1.82) is 0 Å². The van der Waals surface area contributed by atoms with Gasteiger partial charge >= 0.3 is 5.97 Å². The summed E-state index contributed by atoms with van der Waals surface area (Å²) in [4.78, 5) is 22.2. The van der Waals surface area contributed by atoms with Gasteiger partial charge in [-0.3, -0.25) is 9.59 Å². The average Bonchev–Trinajstić information content (AvgIpc) is 2.25. The van der Waals surface area contributed by atoms with E-state index in [1.165, 1.54) is 19.2 Å². The fraction of sp³-hybridized carbons (Fsp3) is 0.200. The van der Waals surface area contributed by atoms with Crippen molar-refractivity contribution in [2.45, 2.75) is 0 Å². The van der Waals surface area contributed by atoms with Crippen LogP contribution in [0.2, 0.25) is 0 Å². The lowest BCUT2D eigenvalue weighted by atomic mass is 10.2. The van der Waals surface area contributed by atoms with Crippen molar-refractivity contribution in [3.8, 4) is 11.5 Å². The molecule has 0 unspecified atom stereocenters. The van der Waals surface area contributed by atoms with Gasteiger partial charge in [-0.15, -0.1) is 0 Å². The molecule has 0 heterocycles. The van der Waals surface area contributed by atoms with Crippen molar-refractivity contribution in [2.24, 2.45) is 0 Å². The summed E-state index contributed by atoms with van der Waals surface area (Å²) < 4.78 is 4.33. The minimum absolute atomic E-state index is 0.0262. The quantitative estimate of drug-likeness (QED) is 0.629. The Morgan fingerprint density at radius 1 is 1.38 bits per heavy atom. The molecule has 0 spiro atoms. The Balaban J connectivity index is 2.70. The lowest BCUT2D eigenvalue weighted by Gasteiger charge is -2.05. The molecule has 0 bridgehead atoms. The number of nitrogens with one attached hydrogen (secondary N) is 1. The summed E-state index contributed by atoms with van der Waals surface area (Å²) in [5.74, 6) is -1.72. The first-order chi connectivity index (χ1) is 7.54. The van der Waals surface area contributed by atoms with Gasteiger partial charge in [0.2, 0.25) is 0 Å². The fourth-order valence-corrected chi connectivity index (χ4v) is 1.03. The van der Waals surface area contributed by atoms with Gasteiger partial charge in [-0.05, 0) is 12.1 Å². The summed E-state index contributed by atoms with van der Waals surface area (Å²) in [5, 5.41) is 20.6. The number of carbonyl (C=O) groups is 2. The zero-order chi connectivity index (χ0) is 12.1. The SMILES string of the molecule is COC(=O)CNC(=O)c1ccc(O)cc1O. The van der Waals surface area contributed by atoms with Crippen molar-refractivity contribution in [1.82, 2.24) is 5.32 Å². The monoisotopic (exact) mass is 225 g/mol. The van der Waals surface area contributed by atoms with Gasteiger partial charge < -0.3 is 20.3 Å². The van der Waals surface area contributed by atoms with Crippen LogP contribution in [0.4, 0.5) is 0 Å². The summed E-state index contributed by atoms with van der Waals surface area (Å²) >= 11 is 0. The van der Waals surface area contributed by atoms with Crippen LogP contribution in [-0.4, -0.2) is 35.7 Å². The lowest BCUT2D eigenvalue weighted by Crippen LogP contribution is -2.30. The Bertz CT molecular complexity index is 416. The van der Waals surface area contributed by atoms with Crippen LogP contribution in [-0.2, 0) is 9.53 Å². The third-order valence-electron chi connectivity index (χ3n) is 1.85. The van der Waals surface area contributed by atoms with E-state index in [0.717, 1.165) is 6.07 Å². The highest BCUT2D eigenvalue weighted by Crippen LogP contribution is 2.22. The topological polar surface area (TPSA) is 95.9 Å². The smallest absolute Gasteiger partial charge is 0.325 e. The number of carbonyl (C=O) groups excluding carboxylic acids is 2. The number of hydrogen-bond donors (Lipinski definition) is 3. The zero-order valence-electron chi connectivity index (χ0n) is 8.56. The maximum absolute atomic E-state index is 11.4. The van der Waals surface area contributed by atoms with Crippen LogP contribution < -0.4 is 5.32 Å². The zero-order valence-corrected chi connectivity index (χ0v) is 8.56. The van der Waals surface area contributed by atoms with Crippen LogP contribution in [0.3, 0.4) is 0 Å². The van der Waals surface area contributed by atoms with Crippen molar-refractivity contribution in [3.05, 3.63) is 23.8 Å². The number of benzene rings is 1. The first-order valence-corrected chi connectivity index (χ1v) is 4.41. The Kier molecular flexibility index (Phi) is 3.71. The molecule has 86 valence electrons. The molecule has 0 aromatic heterocycles. The van der Waals surface area contributed by atoms with Crippen LogP contribution in [0.5, 0.6) is 11.5 Å². The van der Waals surface area contributed by atoms with Gasteiger partial charge in [0.25, 0.3) is 5.91 Å². The maximum Gasteiger partial charge on any atom is 0.325 e. The van der Waals surface area contributed by atoms with Crippen molar-refractivity contribution < 1.29 is 24.5 Å². The van der Waals surface area contributed by atoms with Gasteiger partial charge in [-0.1, -0.05) is 0 Å². The van der Waals surface area contributed by atoms with E-state index in [0.29, 0.717) is 0 Å². The van der Waals surface area contributed by atoms with Gasteiger partial charge in [0.1, 0.15) is 18.0 Å². The highest BCUT2D eigenvalue weighted by Gasteiger charge is 2.12. The Morgan fingerprint density at radius 3 is 2.62 bits per heavy atom. The number of phenolic OH excluding ortho intramolecular Hbond substituents is 2. The summed E-state index contributed by atoms with van der Waals surface area (Å²) in [6, 6.07) is 3.54. The molecule has 1 amide bonds. The molecule has 1 aromatic carbocycles. The minimum Gasteiger partial charge on any atom is -0.508 e. The molecule has 0 saturated heterocycles. The van der Waals surface area contributed by atoms with Gasteiger partial charge in [-0.2, -0.15) is 0 Å². The van der Waals surface area contributed by atoms with E-state index in [1.807, 2.05) is 0 Å². The predicted molar refractivity (Wildman–Crippen MR) is 54.1 cm³/mol. The van der Waals surface area contributed by atoms with E-state index in [4.69, 9.17) is 5.11 Å². The van der Waals surface area contributed by atoms with Crippen molar-refractivity contribution in [2.75, 3.05) is 13.7 Å². The molecule has 6 heteroatoms. The maximum atomic E-state index is 11.4. The lowest BCUT2D eigenvalue weighted by molar-refractivity contribution is -0.139. The van der Waals surface area contributed by atoms with E-state index >= 15 is 0 Å². The second-order valence-corrected chi connectivity index (χ2v) is 2.96. The normalized spacial score (nSPS) is 9.56. The molecule has 0 radical (unpaired) electrons. The van der Waals surface area contributed by atoms with Crippen molar-refractivity contribution in [3.63, 3.8) is 0 Å². The Morgan fingerprint density at radius 2 is 2.06 bits per heavy atom. The molecule has 0 aliphatic rings. The summed E-state index contributed by atoms with van der Waals surface area (Å²) in [5.41, 5.74) is -0.0262. The Hall–Kier alpha value is -2.24.